The van der Waals surface area contributed by atoms with E-state index in [-0.39, 0.29) is 43.1 Å². The summed E-state index contributed by atoms with van der Waals surface area (Å²) in [6.45, 7) is -0.623. The summed E-state index contributed by atoms with van der Waals surface area (Å²) in [5, 5.41) is 2.67. The summed E-state index contributed by atoms with van der Waals surface area (Å²) in [6.07, 6.45) is 0. The standard InChI is InChI=1S/C12H16F2N2O2.ClH/c1-8(6-15)11(17)16-7-9-3-2-4-10(5-9)18-12(13)14;/h2-5,8,12H,6-7,15H2,1H3,(H,16,17);1H. The van der Waals surface area contributed by atoms with Crippen molar-refractivity contribution in [1.82, 2.24) is 5.32 Å². The highest BCUT2D eigenvalue weighted by molar-refractivity contribution is 5.85. The minimum Gasteiger partial charge on any atom is -0.435 e. The van der Waals surface area contributed by atoms with E-state index in [1.807, 2.05) is 0 Å². The van der Waals surface area contributed by atoms with Crippen LogP contribution in [-0.4, -0.2) is 19.1 Å². The molecule has 0 spiro atoms. The highest BCUT2D eigenvalue weighted by Crippen LogP contribution is 2.15. The van der Waals surface area contributed by atoms with E-state index < -0.39 is 6.61 Å². The molecule has 0 fully saturated rings. The molecule has 1 amide bonds. The van der Waals surface area contributed by atoms with Crippen molar-refractivity contribution in [2.45, 2.75) is 20.1 Å². The van der Waals surface area contributed by atoms with Crippen molar-refractivity contribution in [3.63, 3.8) is 0 Å². The number of carbonyl (C=O) groups is 1. The Hall–Kier alpha value is -1.40. The van der Waals surface area contributed by atoms with Gasteiger partial charge in [-0.2, -0.15) is 8.78 Å². The lowest BCUT2D eigenvalue weighted by molar-refractivity contribution is -0.124. The lowest BCUT2D eigenvalue weighted by atomic mass is 10.1. The van der Waals surface area contributed by atoms with Crippen molar-refractivity contribution < 1.29 is 18.3 Å². The van der Waals surface area contributed by atoms with E-state index in [4.69, 9.17) is 5.73 Å². The molecule has 0 saturated carbocycles. The molecule has 0 radical (unpaired) electrons. The summed E-state index contributed by atoms with van der Waals surface area (Å²) in [5.41, 5.74) is 6.04. The predicted octanol–water partition coefficient (Wildman–Crippen LogP) is 1.92. The third-order valence-corrected chi connectivity index (χ3v) is 2.39. The highest BCUT2D eigenvalue weighted by Gasteiger charge is 2.10. The van der Waals surface area contributed by atoms with Crippen LogP contribution in [-0.2, 0) is 11.3 Å². The lowest BCUT2D eigenvalue weighted by Gasteiger charge is -2.11. The van der Waals surface area contributed by atoms with Crippen LogP contribution in [0.4, 0.5) is 8.78 Å². The molecule has 1 unspecified atom stereocenters. The molecule has 1 rings (SSSR count). The fraction of sp³-hybridized carbons (Fsp3) is 0.417. The Morgan fingerprint density at radius 1 is 1.47 bits per heavy atom. The van der Waals surface area contributed by atoms with Crippen LogP contribution in [0.15, 0.2) is 24.3 Å². The Morgan fingerprint density at radius 2 is 2.16 bits per heavy atom. The van der Waals surface area contributed by atoms with E-state index in [0.717, 1.165) is 0 Å². The third-order valence-electron chi connectivity index (χ3n) is 2.39. The molecule has 7 heteroatoms. The number of carbonyl (C=O) groups excluding carboxylic acids is 1. The molecule has 19 heavy (non-hydrogen) atoms. The molecule has 0 aliphatic rings. The molecule has 0 heterocycles. The first-order valence-corrected chi connectivity index (χ1v) is 5.54. The van der Waals surface area contributed by atoms with E-state index in [9.17, 15) is 13.6 Å². The summed E-state index contributed by atoms with van der Waals surface area (Å²) >= 11 is 0. The maximum Gasteiger partial charge on any atom is 0.387 e. The van der Waals surface area contributed by atoms with Crippen molar-refractivity contribution in [3.8, 4) is 5.75 Å². The van der Waals surface area contributed by atoms with Gasteiger partial charge in [-0.05, 0) is 17.7 Å². The third kappa shape index (κ3) is 6.35. The number of halogens is 3. The number of ether oxygens (including phenoxy) is 1. The van der Waals surface area contributed by atoms with Crippen LogP contribution in [0, 0.1) is 5.92 Å². The molecule has 1 atom stereocenters. The second kappa shape index (κ2) is 8.66. The first-order chi connectivity index (χ1) is 8.52. The molecule has 1 aromatic rings. The monoisotopic (exact) mass is 294 g/mol. The smallest absolute Gasteiger partial charge is 0.387 e. The summed E-state index contributed by atoms with van der Waals surface area (Å²) in [5.74, 6) is -0.369. The Balaban J connectivity index is 0.00000324. The van der Waals surface area contributed by atoms with E-state index in [1.165, 1.54) is 12.1 Å². The topological polar surface area (TPSA) is 64.4 Å². The molecule has 3 N–H and O–H groups in total. The maximum atomic E-state index is 12.0. The van der Waals surface area contributed by atoms with Gasteiger partial charge in [-0.3, -0.25) is 4.79 Å². The second-order valence-corrected chi connectivity index (χ2v) is 3.88. The van der Waals surface area contributed by atoms with Crippen LogP contribution in [0.25, 0.3) is 0 Å². The number of nitrogens with two attached hydrogens (primary N) is 1. The van der Waals surface area contributed by atoms with Gasteiger partial charge >= 0.3 is 6.61 Å². The largest absolute Gasteiger partial charge is 0.435 e. The van der Waals surface area contributed by atoms with Crippen LogP contribution in [0.3, 0.4) is 0 Å². The summed E-state index contributed by atoms with van der Waals surface area (Å²) < 4.78 is 28.3. The minimum absolute atomic E-state index is 0. The highest BCUT2D eigenvalue weighted by atomic mass is 35.5. The van der Waals surface area contributed by atoms with Gasteiger partial charge in [-0.15, -0.1) is 12.4 Å². The fourth-order valence-electron chi connectivity index (χ4n) is 1.30. The van der Waals surface area contributed by atoms with Gasteiger partial charge in [0.15, 0.2) is 0 Å². The van der Waals surface area contributed by atoms with Gasteiger partial charge in [0.1, 0.15) is 5.75 Å². The zero-order valence-electron chi connectivity index (χ0n) is 10.4. The van der Waals surface area contributed by atoms with Crippen molar-refractivity contribution in [2.75, 3.05) is 6.54 Å². The first kappa shape index (κ1) is 17.6. The first-order valence-electron chi connectivity index (χ1n) is 5.54. The Morgan fingerprint density at radius 3 is 2.74 bits per heavy atom. The van der Waals surface area contributed by atoms with Crippen molar-refractivity contribution in [2.24, 2.45) is 11.7 Å². The second-order valence-electron chi connectivity index (χ2n) is 3.88. The lowest BCUT2D eigenvalue weighted by Crippen LogP contribution is -2.32. The average Bonchev–Trinajstić information content (AvgIpc) is 2.34. The van der Waals surface area contributed by atoms with Gasteiger partial charge < -0.3 is 15.8 Å². The summed E-state index contributed by atoms with van der Waals surface area (Å²) in [4.78, 5) is 11.5. The van der Waals surface area contributed by atoms with Gasteiger partial charge in [0.25, 0.3) is 0 Å². The van der Waals surface area contributed by atoms with Crippen LogP contribution >= 0.6 is 12.4 Å². The molecule has 1 aromatic carbocycles. The van der Waals surface area contributed by atoms with Gasteiger partial charge in [-0.25, -0.2) is 0 Å². The molecule has 108 valence electrons. The molecular formula is C12H17ClF2N2O2. The summed E-state index contributed by atoms with van der Waals surface area (Å²) in [6, 6.07) is 6.19. The number of amides is 1. The van der Waals surface area contributed by atoms with Gasteiger partial charge in [0, 0.05) is 19.0 Å². The van der Waals surface area contributed by atoms with Gasteiger partial charge in [-0.1, -0.05) is 19.1 Å². The van der Waals surface area contributed by atoms with Gasteiger partial charge in [0.05, 0.1) is 0 Å². The van der Waals surface area contributed by atoms with Crippen LogP contribution in [0.1, 0.15) is 12.5 Å². The fourth-order valence-corrected chi connectivity index (χ4v) is 1.30. The van der Waals surface area contributed by atoms with E-state index in [1.54, 1.807) is 19.1 Å². The molecular weight excluding hydrogens is 278 g/mol. The SMILES string of the molecule is CC(CN)C(=O)NCc1cccc(OC(F)F)c1.Cl. The molecule has 0 aliphatic carbocycles. The van der Waals surface area contributed by atoms with Crippen molar-refractivity contribution in [3.05, 3.63) is 29.8 Å². The maximum absolute atomic E-state index is 12.0. The predicted molar refractivity (Wildman–Crippen MR) is 70.4 cm³/mol. The Labute approximate surface area is 116 Å². The quantitative estimate of drug-likeness (QED) is 0.842. The van der Waals surface area contributed by atoms with Crippen molar-refractivity contribution >= 4 is 18.3 Å². The molecule has 0 aromatic heterocycles. The number of hydrogen-bond acceptors (Lipinski definition) is 3. The Kier molecular flexibility index (Phi) is 8.02. The minimum atomic E-state index is -2.85. The number of alkyl halides is 2. The van der Waals surface area contributed by atoms with E-state index in [2.05, 4.69) is 10.1 Å². The summed E-state index contributed by atoms with van der Waals surface area (Å²) in [7, 11) is 0. The van der Waals surface area contributed by atoms with Crippen molar-refractivity contribution in [1.29, 1.82) is 0 Å². The van der Waals surface area contributed by atoms with Crippen LogP contribution in [0.2, 0.25) is 0 Å². The molecule has 0 saturated heterocycles. The molecule has 0 aliphatic heterocycles. The van der Waals surface area contributed by atoms with Crippen LogP contribution in [0.5, 0.6) is 5.75 Å². The Bertz CT molecular complexity index is 405. The zero-order chi connectivity index (χ0) is 13.5. The molecule has 0 bridgehead atoms. The van der Waals surface area contributed by atoms with E-state index >= 15 is 0 Å². The van der Waals surface area contributed by atoms with E-state index in [0.29, 0.717) is 5.56 Å². The van der Waals surface area contributed by atoms with Crippen LogP contribution < -0.4 is 15.8 Å². The molecule has 4 nitrogen and oxygen atoms in total. The average molecular weight is 295 g/mol. The normalized spacial score (nSPS) is 11.6. The number of benzene rings is 1. The van der Waals surface area contributed by atoms with Gasteiger partial charge in [0.2, 0.25) is 5.91 Å². The number of hydrogen-bond donors (Lipinski definition) is 2. The zero-order valence-corrected chi connectivity index (χ0v) is 11.3. The number of nitrogens with one attached hydrogen (secondary N) is 1. The number of rotatable bonds is 6.